The van der Waals surface area contributed by atoms with Crippen molar-refractivity contribution >= 4 is 27.1 Å². The van der Waals surface area contributed by atoms with Gasteiger partial charge in [-0.2, -0.15) is 0 Å². The third kappa shape index (κ3) is 2.75. The molecule has 0 saturated carbocycles. The number of ether oxygens (including phenoxy) is 1. The molecule has 5 nitrogen and oxygen atoms in total. The van der Waals surface area contributed by atoms with E-state index in [-0.39, 0.29) is 21.6 Å². The number of esters is 1. The normalized spacial score (nSPS) is 11.3. The van der Waals surface area contributed by atoms with Gasteiger partial charge in [0.25, 0.3) is 0 Å². The Labute approximate surface area is 92.0 Å². The van der Waals surface area contributed by atoms with Gasteiger partial charge in [0, 0.05) is 0 Å². The van der Waals surface area contributed by atoms with Crippen molar-refractivity contribution in [3.05, 3.63) is 11.1 Å². The van der Waals surface area contributed by atoms with E-state index in [0.29, 0.717) is 0 Å². The molecule has 15 heavy (non-hydrogen) atoms. The number of hydrogen-bond donors (Lipinski definition) is 0. The summed E-state index contributed by atoms with van der Waals surface area (Å²) < 4.78 is 27.5. The van der Waals surface area contributed by atoms with Crippen molar-refractivity contribution in [2.24, 2.45) is 0 Å². The van der Waals surface area contributed by atoms with E-state index in [2.05, 4.69) is 4.98 Å². The molecule has 1 rings (SSSR count). The minimum atomic E-state index is -3.33. The molecule has 0 unspecified atom stereocenters. The maximum absolute atomic E-state index is 11.4. The van der Waals surface area contributed by atoms with E-state index in [1.165, 1.54) is 13.1 Å². The van der Waals surface area contributed by atoms with Crippen molar-refractivity contribution in [3.63, 3.8) is 0 Å². The fourth-order valence-corrected chi connectivity index (χ4v) is 2.95. The van der Waals surface area contributed by atoms with Crippen LogP contribution in [0.4, 0.5) is 0 Å². The van der Waals surface area contributed by atoms with E-state index in [4.69, 9.17) is 4.74 Å². The zero-order valence-electron chi connectivity index (χ0n) is 8.39. The Morgan fingerprint density at radius 3 is 2.73 bits per heavy atom. The first-order chi connectivity index (χ1) is 7.01. The average Bonchev–Trinajstić information content (AvgIpc) is 2.67. The monoisotopic (exact) mass is 249 g/mol. The van der Waals surface area contributed by atoms with Crippen LogP contribution < -0.4 is 0 Å². The van der Waals surface area contributed by atoms with Gasteiger partial charge in [0.05, 0.1) is 18.6 Å². The van der Waals surface area contributed by atoms with E-state index in [0.717, 1.165) is 11.3 Å². The summed E-state index contributed by atoms with van der Waals surface area (Å²) in [6.07, 6.45) is 1.23. The van der Waals surface area contributed by atoms with Crippen LogP contribution in [-0.4, -0.2) is 31.7 Å². The van der Waals surface area contributed by atoms with Gasteiger partial charge in [-0.05, 0) is 6.92 Å². The molecule has 7 heteroatoms. The summed E-state index contributed by atoms with van der Waals surface area (Å²) in [5, 5.41) is 0. The Bertz CT molecular complexity index is 449. The topological polar surface area (TPSA) is 73.3 Å². The van der Waals surface area contributed by atoms with E-state index in [1.807, 2.05) is 0 Å². The number of sulfone groups is 1. The number of rotatable bonds is 4. The highest BCUT2D eigenvalue weighted by atomic mass is 32.2. The fourth-order valence-electron chi connectivity index (χ4n) is 0.822. The molecule has 0 aliphatic heterocycles. The van der Waals surface area contributed by atoms with E-state index in [1.54, 1.807) is 6.92 Å². The number of thiazole rings is 1. The van der Waals surface area contributed by atoms with Gasteiger partial charge in [-0.25, -0.2) is 18.2 Å². The fraction of sp³-hybridized carbons (Fsp3) is 0.500. The standard InChI is InChI=1S/C8H11NO4S2/c1-3-13-7(10)6-5-9-8(14-6)15(11,12)4-2/h5H,3-4H2,1-2H3. The molecular formula is C8H11NO4S2. The van der Waals surface area contributed by atoms with Crippen LogP contribution in [0, 0.1) is 0 Å². The van der Waals surface area contributed by atoms with Crippen LogP contribution in [0.15, 0.2) is 10.5 Å². The molecule has 0 radical (unpaired) electrons. The molecule has 0 saturated heterocycles. The lowest BCUT2D eigenvalue weighted by atomic mass is 10.6. The van der Waals surface area contributed by atoms with Crippen molar-refractivity contribution in [2.75, 3.05) is 12.4 Å². The zero-order valence-corrected chi connectivity index (χ0v) is 10.0. The minimum Gasteiger partial charge on any atom is -0.462 e. The molecule has 0 aromatic carbocycles. The molecule has 0 fully saturated rings. The van der Waals surface area contributed by atoms with Gasteiger partial charge in [-0.3, -0.25) is 0 Å². The van der Waals surface area contributed by atoms with E-state index in [9.17, 15) is 13.2 Å². The lowest BCUT2D eigenvalue weighted by Gasteiger charge is -1.96. The molecule has 0 aliphatic rings. The third-order valence-corrected chi connectivity index (χ3v) is 4.79. The molecule has 0 amide bonds. The molecule has 1 aromatic rings. The first-order valence-electron chi connectivity index (χ1n) is 4.37. The predicted octanol–water partition coefficient (Wildman–Crippen LogP) is 1.11. The molecule has 1 heterocycles. The summed E-state index contributed by atoms with van der Waals surface area (Å²) in [6, 6.07) is 0. The van der Waals surface area contributed by atoms with E-state index >= 15 is 0 Å². The SMILES string of the molecule is CCOC(=O)c1cnc(S(=O)(=O)CC)s1. The van der Waals surface area contributed by atoms with Gasteiger partial charge >= 0.3 is 5.97 Å². The smallest absolute Gasteiger partial charge is 0.349 e. The largest absolute Gasteiger partial charge is 0.462 e. The van der Waals surface area contributed by atoms with Crippen LogP contribution in [0.5, 0.6) is 0 Å². The lowest BCUT2D eigenvalue weighted by Crippen LogP contribution is -2.02. The Morgan fingerprint density at radius 2 is 2.20 bits per heavy atom. The average molecular weight is 249 g/mol. The molecular weight excluding hydrogens is 238 g/mol. The Hall–Kier alpha value is -0.950. The summed E-state index contributed by atoms with van der Waals surface area (Å²) in [5.41, 5.74) is 0. The second kappa shape index (κ2) is 4.71. The van der Waals surface area contributed by atoms with Crippen LogP contribution in [0.3, 0.4) is 0 Å². The van der Waals surface area contributed by atoms with Gasteiger partial charge < -0.3 is 4.74 Å². The van der Waals surface area contributed by atoms with Gasteiger partial charge in [-0.1, -0.05) is 18.3 Å². The Kier molecular flexibility index (Phi) is 3.81. The van der Waals surface area contributed by atoms with Crippen LogP contribution >= 0.6 is 11.3 Å². The minimum absolute atomic E-state index is 0.0250. The summed E-state index contributed by atoms with van der Waals surface area (Å²) in [7, 11) is -3.33. The summed E-state index contributed by atoms with van der Waals surface area (Å²) >= 11 is 0.839. The highest BCUT2D eigenvalue weighted by molar-refractivity contribution is 7.93. The van der Waals surface area contributed by atoms with Gasteiger partial charge in [0.1, 0.15) is 4.88 Å². The highest BCUT2D eigenvalue weighted by Crippen LogP contribution is 2.19. The first-order valence-corrected chi connectivity index (χ1v) is 6.83. The zero-order chi connectivity index (χ0) is 11.5. The molecule has 0 N–H and O–H groups in total. The summed E-state index contributed by atoms with van der Waals surface area (Å²) in [5.74, 6) is -0.560. The number of aromatic nitrogens is 1. The second-order valence-corrected chi connectivity index (χ2v) is 6.10. The maximum Gasteiger partial charge on any atom is 0.349 e. The van der Waals surface area contributed by atoms with E-state index < -0.39 is 15.8 Å². The summed E-state index contributed by atoms with van der Waals surface area (Å²) in [4.78, 5) is 15.1. The van der Waals surface area contributed by atoms with Crippen molar-refractivity contribution in [3.8, 4) is 0 Å². The molecule has 0 aliphatic carbocycles. The van der Waals surface area contributed by atoms with Crippen LogP contribution in [0.2, 0.25) is 0 Å². The maximum atomic E-state index is 11.4. The van der Waals surface area contributed by atoms with Gasteiger partial charge in [-0.15, -0.1) is 0 Å². The molecule has 84 valence electrons. The summed E-state index contributed by atoms with van der Waals surface area (Å²) in [6.45, 7) is 3.47. The molecule has 0 atom stereocenters. The van der Waals surface area contributed by atoms with Crippen LogP contribution in [0.25, 0.3) is 0 Å². The number of nitrogens with zero attached hydrogens (tertiary/aromatic N) is 1. The first kappa shape index (κ1) is 12.1. The van der Waals surface area contributed by atoms with Gasteiger partial charge in [0.15, 0.2) is 0 Å². The van der Waals surface area contributed by atoms with Crippen molar-refractivity contribution < 1.29 is 17.9 Å². The highest BCUT2D eigenvalue weighted by Gasteiger charge is 2.19. The van der Waals surface area contributed by atoms with Crippen molar-refractivity contribution in [1.82, 2.24) is 4.98 Å². The molecule has 1 aromatic heterocycles. The number of carbonyl (C=O) groups is 1. The van der Waals surface area contributed by atoms with Crippen molar-refractivity contribution in [2.45, 2.75) is 18.2 Å². The number of hydrogen-bond acceptors (Lipinski definition) is 6. The second-order valence-electron chi connectivity index (χ2n) is 2.61. The van der Waals surface area contributed by atoms with Gasteiger partial charge in [0.2, 0.25) is 14.2 Å². The predicted molar refractivity (Wildman–Crippen MR) is 55.8 cm³/mol. The molecule has 0 bridgehead atoms. The molecule has 0 spiro atoms. The van der Waals surface area contributed by atoms with Crippen LogP contribution in [-0.2, 0) is 14.6 Å². The third-order valence-electron chi connectivity index (χ3n) is 1.61. The quantitative estimate of drug-likeness (QED) is 0.747. The Morgan fingerprint density at radius 1 is 1.53 bits per heavy atom. The number of carbonyl (C=O) groups excluding carboxylic acids is 1. The van der Waals surface area contributed by atoms with Crippen molar-refractivity contribution in [1.29, 1.82) is 0 Å². The Balaban J connectivity index is 2.95. The lowest BCUT2D eigenvalue weighted by molar-refractivity contribution is 0.0532. The van der Waals surface area contributed by atoms with Crippen LogP contribution in [0.1, 0.15) is 23.5 Å².